The molecule has 1 N–H and O–H groups in total. The minimum Gasteiger partial charge on any atom is -0.375 e. The highest BCUT2D eigenvalue weighted by atomic mass is 16.5. The summed E-state index contributed by atoms with van der Waals surface area (Å²) in [5.74, 6) is 0.349. The van der Waals surface area contributed by atoms with Gasteiger partial charge in [0.2, 0.25) is 5.91 Å². The zero-order chi connectivity index (χ0) is 20.4. The van der Waals surface area contributed by atoms with E-state index in [-0.39, 0.29) is 30.4 Å². The van der Waals surface area contributed by atoms with Gasteiger partial charge in [-0.05, 0) is 11.5 Å². The van der Waals surface area contributed by atoms with Crippen LogP contribution in [-0.4, -0.2) is 64.1 Å². The number of aryl methyl sites for hydroxylation is 1. The van der Waals surface area contributed by atoms with Crippen molar-refractivity contribution in [2.24, 2.45) is 7.05 Å². The fourth-order valence-electron chi connectivity index (χ4n) is 3.93. The number of hydrogen-bond acceptors (Lipinski definition) is 5. The molecule has 0 bridgehead atoms. The molecule has 1 fully saturated rings. The smallest absolute Gasteiger partial charge is 0.273 e. The number of benzene rings is 1. The quantitative estimate of drug-likeness (QED) is 0.707. The van der Waals surface area contributed by atoms with Crippen molar-refractivity contribution in [3.63, 3.8) is 0 Å². The molecule has 2 atom stereocenters. The molecule has 0 unspecified atom stereocenters. The Labute approximate surface area is 168 Å². The highest BCUT2D eigenvalue weighted by molar-refractivity contribution is 6.05. The summed E-state index contributed by atoms with van der Waals surface area (Å²) in [6, 6.07) is 9.33. The first-order valence-electron chi connectivity index (χ1n) is 9.47. The van der Waals surface area contributed by atoms with Crippen molar-refractivity contribution in [2.45, 2.75) is 12.0 Å². The van der Waals surface area contributed by atoms with Gasteiger partial charge in [-0.15, -0.1) is 0 Å². The fraction of sp³-hybridized carbons (Fsp3) is 0.333. The van der Waals surface area contributed by atoms with Gasteiger partial charge in [0.15, 0.2) is 0 Å². The average molecular weight is 393 g/mol. The lowest BCUT2D eigenvalue weighted by Crippen LogP contribution is -2.42. The number of likely N-dealkylation sites (tertiary alicyclic amines) is 1. The minimum absolute atomic E-state index is 0.0252. The van der Waals surface area contributed by atoms with Gasteiger partial charge in [0.25, 0.3) is 5.91 Å². The first-order valence-corrected chi connectivity index (χ1v) is 9.47. The van der Waals surface area contributed by atoms with Gasteiger partial charge in [-0.1, -0.05) is 24.3 Å². The number of hydrogen-bond donors (Lipinski definition) is 1. The van der Waals surface area contributed by atoms with Crippen LogP contribution in [0.25, 0.3) is 10.8 Å². The van der Waals surface area contributed by atoms with Crippen LogP contribution in [0.3, 0.4) is 0 Å². The van der Waals surface area contributed by atoms with E-state index in [2.05, 4.69) is 15.3 Å². The molecular weight excluding hydrogens is 370 g/mol. The van der Waals surface area contributed by atoms with Crippen LogP contribution in [0.5, 0.6) is 0 Å². The third kappa shape index (κ3) is 3.71. The molecule has 29 heavy (non-hydrogen) atoms. The molecule has 3 heterocycles. The number of nitrogens with zero attached hydrogens (tertiary/aromatic N) is 4. The first kappa shape index (κ1) is 19.1. The van der Waals surface area contributed by atoms with E-state index in [0.29, 0.717) is 18.8 Å². The van der Waals surface area contributed by atoms with E-state index in [0.717, 1.165) is 16.6 Å². The molecule has 2 amide bonds. The van der Waals surface area contributed by atoms with E-state index in [1.54, 1.807) is 17.3 Å². The van der Waals surface area contributed by atoms with E-state index in [1.165, 1.54) is 7.11 Å². The summed E-state index contributed by atoms with van der Waals surface area (Å²) in [4.78, 5) is 36.0. The van der Waals surface area contributed by atoms with E-state index in [9.17, 15) is 9.59 Å². The Morgan fingerprint density at radius 2 is 2.00 bits per heavy atom. The second-order valence-electron chi connectivity index (χ2n) is 7.20. The predicted molar refractivity (Wildman–Crippen MR) is 107 cm³/mol. The summed E-state index contributed by atoms with van der Waals surface area (Å²) in [5.41, 5.74) is 0.422. The standard InChI is InChI=1S/C21H23N5O3/c1-25-10-9-23-20(25)16-11-26(12-17(16)24-18(27)13-29-2)21(28)19-15-6-4-3-5-14(15)7-8-22-19/h3-10,16-17H,11-13H2,1-2H3,(H,24,27)/t16-,17-/m1/s1. The molecule has 2 aromatic heterocycles. The predicted octanol–water partition coefficient (Wildman–Crippen LogP) is 1.34. The van der Waals surface area contributed by atoms with Crippen LogP contribution in [0.2, 0.25) is 0 Å². The molecule has 0 saturated carbocycles. The highest BCUT2D eigenvalue weighted by Crippen LogP contribution is 2.28. The normalized spacial score (nSPS) is 18.9. The Bertz CT molecular complexity index is 1040. The van der Waals surface area contributed by atoms with Gasteiger partial charge in [0, 0.05) is 51.2 Å². The molecule has 1 aliphatic rings. The maximum absolute atomic E-state index is 13.3. The van der Waals surface area contributed by atoms with E-state index >= 15 is 0 Å². The molecule has 1 saturated heterocycles. The second-order valence-corrected chi connectivity index (χ2v) is 7.20. The van der Waals surface area contributed by atoms with Crippen LogP contribution in [-0.2, 0) is 16.6 Å². The monoisotopic (exact) mass is 393 g/mol. The number of aromatic nitrogens is 3. The SMILES string of the molecule is COCC(=O)N[C@@H]1CN(C(=O)c2nccc3ccccc23)C[C@H]1c1nccn1C. The zero-order valence-electron chi connectivity index (χ0n) is 16.4. The van der Waals surface area contributed by atoms with Crippen molar-refractivity contribution in [3.05, 3.63) is 60.4 Å². The van der Waals surface area contributed by atoms with Crippen molar-refractivity contribution < 1.29 is 14.3 Å². The van der Waals surface area contributed by atoms with Crippen LogP contribution in [0.4, 0.5) is 0 Å². The van der Waals surface area contributed by atoms with Crippen LogP contribution < -0.4 is 5.32 Å². The average Bonchev–Trinajstić information content (AvgIpc) is 3.33. The molecule has 0 radical (unpaired) electrons. The number of pyridine rings is 1. The number of fused-ring (bicyclic) bond motifs is 1. The molecule has 8 nitrogen and oxygen atoms in total. The van der Waals surface area contributed by atoms with Crippen molar-refractivity contribution in [3.8, 4) is 0 Å². The lowest BCUT2D eigenvalue weighted by molar-refractivity contribution is -0.125. The Morgan fingerprint density at radius 3 is 2.76 bits per heavy atom. The van der Waals surface area contributed by atoms with Crippen molar-refractivity contribution in [1.29, 1.82) is 0 Å². The van der Waals surface area contributed by atoms with Crippen LogP contribution in [0.15, 0.2) is 48.9 Å². The fourth-order valence-corrected chi connectivity index (χ4v) is 3.93. The summed E-state index contributed by atoms with van der Waals surface area (Å²) in [6.45, 7) is 0.811. The van der Waals surface area contributed by atoms with Crippen LogP contribution >= 0.6 is 0 Å². The van der Waals surface area contributed by atoms with Crippen molar-refractivity contribution in [1.82, 2.24) is 24.8 Å². The van der Waals surface area contributed by atoms with Gasteiger partial charge in [0.1, 0.15) is 18.1 Å². The van der Waals surface area contributed by atoms with Gasteiger partial charge in [-0.2, -0.15) is 0 Å². The van der Waals surface area contributed by atoms with Gasteiger partial charge < -0.3 is 19.5 Å². The van der Waals surface area contributed by atoms with E-state index < -0.39 is 0 Å². The molecule has 8 heteroatoms. The number of ether oxygens (including phenoxy) is 1. The molecule has 1 aromatic carbocycles. The Balaban J connectivity index is 1.63. The lowest BCUT2D eigenvalue weighted by Gasteiger charge is -2.19. The lowest BCUT2D eigenvalue weighted by atomic mass is 10.0. The summed E-state index contributed by atoms with van der Waals surface area (Å²) < 4.78 is 6.85. The third-order valence-electron chi connectivity index (χ3n) is 5.30. The summed E-state index contributed by atoms with van der Waals surface area (Å²) in [6.07, 6.45) is 5.24. The summed E-state index contributed by atoms with van der Waals surface area (Å²) in [5, 5.41) is 4.78. The Hall–Kier alpha value is -3.26. The number of rotatable bonds is 5. The second kappa shape index (κ2) is 8.00. The topological polar surface area (TPSA) is 89.3 Å². The minimum atomic E-state index is -0.252. The number of carbonyl (C=O) groups is 2. The molecule has 4 rings (SSSR count). The summed E-state index contributed by atoms with van der Waals surface area (Å²) >= 11 is 0. The van der Waals surface area contributed by atoms with Gasteiger partial charge in [-0.3, -0.25) is 14.6 Å². The molecular formula is C21H23N5O3. The highest BCUT2D eigenvalue weighted by Gasteiger charge is 2.39. The van der Waals surface area contributed by atoms with Gasteiger partial charge in [0.05, 0.1) is 12.0 Å². The zero-order valence-corrected chi connectivity index (χ0v) is 16.4. The number of imidazole rings is 1. The number of amides is 2. The molecule has 1 aliphatic heterocycles. The summed E-state index contributed by atoms with van der Waals surface area (Å²) in [7, 11) is 3.39. The molecule has 0 aliphatic carbocycles. The Kier molecular flexibility index (Phi) is 5.26. The van der Waals surface area contributed by atoms with E-state index in [1.807, 2.05) is 48.1 Å². The van der Waals surface area contributed by atoms with Gasteiger partial charge in [-0.25, -0.2) is 4.98 Å². The molecule has 3 aromatic rings. The largest absolute Gasteiger partial charge is 0.375 e. The number of nitrogens with one attached hydrogen (secondary N) is 1. The maximum Gasteiger partial charge on any atom is 0.273 e. The van der Waals surface area contributed by atoms with Gasteiger partial charge >= 0.3 is 0 Å². The number of carbonyl (C=O) groups excluding carboxylic acids is 2. The number of methoxy groups -OCH3 is 1. The molecule has 0 spiro atoms. The third-order valence-corrected chi connectivity index (χ3v) is 5.30. The molecule has 150 valence electrons. The van der Waals surface area contributed by atoms with Crippen LogP contribution in [0.1, 0.15) is 22.2 Å². The van der Waals surface area contributed by atoms with Crippen LogP contribution in [0, 0.1) is 0 Å². The van der Waals surface area contributed by atoms with E-state index in [4.69, 9.17) is 4.74 Å². The maximum atomic E-state index is 13.3. The van der Waals surface area contributed by atoms with Crippen molar-refractivity contribution >= 4 is 22.6 Å². The first-order chi connectivity index (χ1) is 14.1. The Morgan fingerprint density at radius 1 is 1.17 bits per heavy atom. The van der Waals surface area contributed by atoms with Crippen molar-refractivity contribution in [2.75, 3.05) is 26.8 Å².